The normalized spacial score (nSPS) is 14.5. The molecule has 2 N–H and O–H groups in total. The van der Waals surface area contributed by atoms with E-state index in [1.54, 1.807) is 12.1 Å². The van der Waals surface area contributed by atoms with Gasteiger partial charge >= 0.3 is 0 Å². The van der Waals surface area contributed by atoms with Crippen LogP contribution in [-0.2, 0) is 16.1 Å². The van der Waals surface area contributed by atoms with Crippen molar-refractivity contribution in [2.75, 3.05) is 5.32 Å². The lowest BCUT2D eigenvalue weighted by Gasteiger charge is -2.10. The summed E-state index contributed by atoms with van der Waals surface area (Å²) in [6.45, 7) is 1.47. The molecule has 2 aromatic rings. The maximum atomic E-state index is 12.0. The first kappa shape index (κ1) is 16.1. The van der Waals surface area contributed by atoms with E-state index >= 15 is 0 Å². The molecule has 0 aliphatic heterocycles. The molecule has 0 radical (unpaired) electrons. The maximum absolute atomic E-state index is 12.0. The van der Waals surface area contributed by atoms with E-state index in [0.717, 1.165) is 25.7 Å². The first-order valence-electron chi connectivity index (χ1n) is 8.06. The molecule has 8 heteroatoms. The standard InChI is InChI=1S/C16H20N6O2/c1-11(23)17-14-9-5-4-8-13(14)16-19-21-22(20-16)10-15(24)18-12-6-2-3-7-12/h4-5,8-9,12H,2-3,6-7,10H2,1H3,(H,17,23)(H,18,24). The predicted octanol–water partition coefficient (Wildman–Crippen LogP) is 1.36. The Morgan fingerprint density at radius 2 is 2.00 bits per heavy atom. The second kappa shape index (κ2) is 7.20. The monoisotopic (exact) mass is 328 g/mol. The van der Waals surface area contributed by atoms with Crippen molar-refractivity contribution < 1.29 is 9.59 Å². The van der Waals surface area contributed by atoms with Crippen molar-refractivity contribution in [2.45, 2.75) is 45.2 Å². The molecule has 0 atom stereocenters. The molecule has 1 aromatic carbocycles. The lowest BCUT2D eigenvalue weighted by molar-refractivity contribution is -0.122. The van der Waals surface area contributed by atoms with Gasteiger partial charge in [0, 0.05) is 18.5 Å². The van der Waals surface area contributed by atoms with Gasteiger partial charge in [-0.3, -0.25) is 9.59 Å². The fraction of sp³-hybridized carbons (Fsp3) is 0.438. The van der Waals surface area contributed by atoms with Gasteiger partial charge in [0.2, 0.25) is 17.6 Å². The second-order valence-corrected chi connectivity index (χ2v) is 5.92. The Bertz CT molecular complexity index is 736. The average molecular weight is 328 g/mol. The summed E-state index contributed by atoms with van der Waals surface area (Å²) in [6.07, 6.45) is 4.39. The van der Waals surface area contributed by atoms with Crippen LogP contribution in [0.4, 0.5) is 5.69 Å². The molecule has 0 unspecified atom stereocenters. The Balaban J connectivity index is 1.69. The summed E-state index contributed by atoms with van der Waals surface area (Å²) in [5.41, 5.74) is 1.27. The highest BCUT2D eigenvalue weighted by molar-refractivity contribution is 5.93. The van der Waals surface area contributed by atoms with Crippen LogP contribution in [0.2, 0.25) is 0 Å². The minimum absolute atomic E-state index is 0.0335. The van der Waals surface area contributed by atoms with E-state index in [9.17, 15) is 9.59 Å². The van der Waals surface area contributed by atoms with Gasteiger partial charge < -0.3 is 10.6 Å². The molecule has 1 saturated carbocycles. The summed E-state index contributed by atoms with van der Waals surface area (Å²) in [5.74, 6) is 0.0831. The first-order chi connectivity index (χ1) is 11.6. The van der Waals surface area contributed by atoms with Crippen LogP contribution < -0.4 is 10.6 Å². The van der Waals surface area contributed by atoms with Gasteiger partial charge in [0.25, 0.3) is 0 Å². The van der Waals surface area contributed by atoms with Gasteiger partial charge in [0.1, 0.15) is 6.54 Å². The molecule has 126 valence electrons. The fourth-order valence-electron chi connectivity index (χ4n) is 2.87. The fourth-order valence-corrected chi connectivity index (χ4v) is 2.87. The number of nitrogens with zero attached hydrogens (tertiary/aromatic N) is 4. The number of amides is 2. The summed E-state index contributed by atoms with van der Waals surface area (Å²) in [4.78, 5) is 24.6. The number of rotatable bonds is 5. The number of hydrogen-bond acceptors (Lipinski definition) is 5. The van der Waals surface area contributed by atoms with Crippen LogP contribution in [0.3, 0.4) is 0 Å². The van der Waals surface area contributed by atoms with E-state index in [1.165, 1.54) is 11.7 Å². The van der Waals surface area contributed by atoms with Gasteiger partial charge in [-0.05, 0) is 30.2 Å². The highest BCUT2D eigenvalue weighted by Crippen LogP contribution is 2.24. The third-order valence-corrected chi connectivity index (χ3v) is 3.94. The number of nitrogens with one attached hydrogen (secondary N) is 2. The molecule has 1 fully saturated rings. The molecule has 2 amide bonds. The molecule has 1 aromatic heterocycles. The summed E-state index contributed by atoms with van der Waals surface area (Å²) in [5, 5.41) is 17.9. The molecular weight excluding hydrogens is 308 g/mol. The zero-order valence-electron chi connectivity index (χ0n) is 13.5. The van der Waals surface area contributed by atoms with Crippen molar-refractivity contribution in [3.8, 4) is 11.4 Å². The molecule has 8 nitrogen and oxygen atoms in total. The van der Waals surface area contributed by atoms with Crippen LogP contribution in [0.1, 0.15) is 32.6 Å². The van der Waals surface area contributed by atoms with E-state index in [0.29, 0.717) is 17.1 Å². The Morgan fingerprint density at radius 1 is 1.25 bits per heavy atom. The van der Waals surface area contributed by atoms with Gasteiger partial charge in [-0.2, -0.15) is 4.80 Å². The number of anilines is 1. The van der Waals surface area contributed by atoms with E-state index in [1.807, 2.05) is 12.1 Å². The van der Waals surface area contributed by atoms with Crippen LogP contribution in [0.25, 0.3) is 11.4 Å². The Hall–Kier alpha value is -2.77. The molecule has 1 aliphatic carbocycles. The van der Waals surface area contributed by atoms with Crippen molar-refractivity contribution in [1.29, 1.82) is 0 Å². The van der Waals surface area contributed by atoms with Crippen LogP contribution in [-0.4, -0.2) is 38.1 Å². The number of benzene rings is 1. The molecule has 3 rings (SSSR count). The van der Waals surface area contributed by atoms with Crippen molar-refractivity contribution in [2.24, 2.45) is 0 Å². The van der Waals surface area contributed by atoms with Crippen LogP contribution >= 0.6 is 0 Å². The Labute approximate surface area is 139 Å². The van der Waals surface area contributed by atoms with E-state index in [2.05, 4.69) is 26.0 Å². The summed E-state index contributed by atoms with van der Waals surface area (Å²) in [7, 11) is 0. The highest BCUT2D eigenvalue weighted by atomic mass is 16.2. The first-order valence-corrected chi connectivity index (χ1v) is 8.06. The van der Waals surface area contributed by atoms with Crippen molar-refractivity contribution >= 4 is 17.5 Å². The lowest BCUT2D eigenvalue weighted by atomic mass is 10.1. The van der Waals surface area contributed by atoms with Gasteiger partial charge in [-0.25, -0.2) is 0 Å². The van der Waals surface area contributed by atoms with E-state index < -0.39 is 0 Å². The summed E-state index contributed by atoms with van der Waals surface area (Å²) in [6, 6.07) is 7.47. The van der Waals surface area contributed by atoms with E-state index in [-0.39, 0.29) is 24.4 Å². The maximum Gasteiger partial charge on any atom is 0.243 e. The number of tetrazole rings is 1. The largest absolute Gasteiger partial charge is 0.352 e. The van der Waals surface area contributed by atoms with Crippen molar-refractivity contribution in [1.82, 2.24) is 25.5 Å². The van der Waals surface area contributed by atoms with Crippen molar-refractivity contribution in [3.63, 3.8) is 0 Å². The van der Waals surface area contributed by atoms with E-state index in [4.69, 9.17) is 0 Å². The van der Waals surface area contributed by atoms with Gasteiger partial charge in [0.05, 0.1) is 5.69 Å². The average Bonchev–Trinajstić information content (AvgIpc) is 3.19. The van der Waals surface area contributed by atoms with Crippen LogP contribution in [0, 0.1) is 0 Å². The highest BCUT2D eigenvalue weighted by Gasteiger charge is 2.18. The topological polar surface area (TPSA) is 102 Å². The molecule has 1 aliphatic rings. The Morgan fingerprint density at radius 3 is 2.75 bits per heavy atom. The predicted molar refractivity (Wildman–Crippen MR) is 88.0 cm³/mol. The Kier molecular flexibility index (Phi) is 4.83. The molecule has 24 heavy (non-hydrogen) atoms. The van der Waals surface area contributed by atoms with Crippen LogP contribution in [0.15, 0.2) is 24.3 Å². The lowest BCUT2D eigenvalue weighted by Crippen LogP contribution is -2.35. The molecule has 0 saturated heterocycles. The van der Waals surface area contributed by atoms with Gasteiger partial charge in [-0.1, -0.05) is 25.0 Å². The third-order valence-electron chi connectivity index (χ3n) is 3.94. The minimum Gasteiger partial charge on any atom is -0.352 e. The summed E-state index contributed by atoms with van der Waals surface area (Å²) < 4.78 is 0. The number of aromatic nitrogens is 4. The number of para-hydroxylation sites is 1. The number of carbonyl (C=O) groups is 2. The minimum atomic E-state index is -0.175. The zero-order valence-corrected chi connectivity index (χ0v) is 13.5. The molecule has 1 heterocycles. The number of hydrogen-bond donors (Lipinski definition) is 2. The smallest absolute Gasteiger partial charge is 0.243 e. The molecule has 0 spiro atoms. The van der Waals surface area contributed by atoms with Crippen molar-refractivity contribution in [3.05, 3.63) is 24.3 Å². The molecule has 0 bridgehead atoms. The van der Waals surface area contributed by atoms with Gasteiger partial charge in [0.15, 0.2) is 0 Å². The quantitative estimate of drug-likeness (QED) is 0.863. The third kappa shape index (κ3) is 3.95. The second-order valence-electron chi connectivity index (χ2n) is 5.92. The van der Waals surface area contributed by atoms with Gasteiger partial charge in [-0.15, -0.1) is 10.2 Å². The number of carbonyl (C=O) groups excluding carboxylic acids is 2. The zero-order chi connectivity index (χ0) is 16.9. The molecular formula is C16H20N6O2. The van der Waals surface area contributed by atoms with Crippen LogP contribution in [0.5, 0.6) is 0 Å². The summed E-state index contributed by atoms with van der Waals surface area (Å²) >= 11 is 0. The SMILES string of the molecule is CC(=O)Nc1ccccc1-c1nnn(CC(=O)NC2CCCC2)n1.